The zero-order valence-electron chi connectivity index (χ0n) is 14.4. The van der Waals surface area contributed by atoms with Gasteiger partial charge in [-0.1, -0.05) is 31.4 Å². The first-order valence-electron chi connectivity index (χ1n) is 9.24. The highest BCUT2D eigenvalue weighted by Crippen LogP contribution is 2.36. The van der Waals surface area contributed by atoms with Gasteiger partial charge in [0.25, 0.3) is 0 Å². The minimum absolute atomic E-state index is 0.121. The standard InChI is InChI=1S/C20H24N4O/c21-11-16(20-22-17-7-3-4-8-18(17)23-20)19(25)13-24-10-9-14-5-1-2-6-15(14)12-24/h3-4,7-8,14-15,25H,1-2,5-6,9-10,12-13H2,(H,22,23)/t14-,15-/m0/s1. The molecule has 0 unspecified atom stereocenters. The summed E-state index contributed by atoms with van der Waals surface area (Å²) in [5.74, 6) is 2.19. The number of piperidine rings is 1. The summed E-state index contributed by atoms with van der Waals surface area (Å²) in [6.07, 6.45) is 6.59. The van der Waals surface area contributed by atoms with Gasteiger partial charge in [-0.25, -0.2) is 4.98 Å². The molecular formula is C20H24N4O. The maximum Gasteiger partial charge on any atom is 0.152 e. The maximum absolute atomic E-state index is 10.6. The summed E-state index contributed by atoms with van der Waals surface area (Å²) < 4.78 is 0. The van der Waals surface area contributed by atoms with Crippen molar-refractivity contribution >= 4 is 16.6 Å². The molecule has 0 spiro atoms. The van der Waals surface area contributed by atoms with Crippen LogP contribution >= 0.6 is 0 Å². The first-order chi connectivity index (χ1) is 12.2. The van der Waals surface area contributed by atoms with E-state index in [1.165, 1.54) is 32.1 Å². The molecule has 2 aromatic rings. The lowest BCUT2D eigenvalue weighted by molar-refractivity contribution is 0.0862. The predicted octanol–water partition coefficient (Wildman–Crippen LogP) is 3.87. The average molecular weight is 336 g/mol. The highest BCUT2D eigenvalue weighted by Gasteiger charge is 2.31. The van der Waals surface area contributed by atoms with Crippen molar-refractivity contribution in [3.05, 3.63) is 35.8 Å². The van der Waals surface area contributed by atoms with Crippen molar-refractivity contribution in [2.24, 2.45) is 11.8 Å². The number of nitrogens with one attached hydrogen (secondary N) is 1. The number of nitrogens with zero attached hydrogens (tertiary/aromatic N) is 3. The SMILES string of the molecule is N#CC(=C(O)CN1CC[C@@H]2CCCC[C@H]2C1)c1nc2ccccc2[nH]1. The Morgan fingerprint density at radius 3 is 2.84 bits per heavy atom. The van der Waals surface area contributed by atoms with Gasteiger partial charge in [0.2, 0.25) is 0 Å². The first-order valence-corrected chi connectivity index (χ1v) is 9.24. The second kappa shape index (κ2) is 6.89. The number of fused-ring (bicyclic) bond motifs is 2. The largest absolute Gasteiger partial charge is 0.509 e. The monoisotopic (exact) mass is 336 g/mol. The number of aromatic amines is 1. The van der Waals surface area contributed by atoms with Crippen LogP contribution < -0.4 is 0 Å². The Morgan fingerprint density at radius 2 is 2.04 bits per heavy atom. The third-order valence-electron chi connectivity index (χ3n) is 5.78. The minimum Gasteiger partial charge on any atom is -0.509 e. The minimum atomic E-state index is 0.121. The maximum atomic E-state index is 10.6. The second-order valence-corrected chi connectivity index (χ2v) is 7.36. The van der Waals surface area contributed by atoms with E-state index < -0.39 is 0 Å². The van der Waals surface area contributed by atoms with E-state index >= 15 is 0 Å². The van der Waals surface area contributed by atoms with E-state index in [1.807, 2.05) is 24.3 Å². The number of hydrogen-bond donors (Lipinski definition) is 2. The van der Waals surface area contributed by atoms with Crippen molar-refractivity contribution in [2.45, 2.75) is 32.1 Å². The number of aliphatic hydroxyl groups is 1. The molecule has 1 aliphatic carbocycles. The van der Waals surface area contributed by atoms with Gasteiger partial charge in [0.15, 0.2) is 5.82 Å². The van der Waals surface area contributed by atoms with Crippen LogP contribution in [0.2, 0.25) is 0 Å². The quantitative estimate of drug-likeness (QED) is 0.659. The van der Waals surface area contributed by atoms with Gasteiger partial charge in [0, 0.05) is 6.54 Å². The van der Waals surface area contributed by atoms with Crippen molar-refractivity contribution in [1.29, 1.82) is 5.26 Å². The second-order valence-electron chi connectivity index (χ2n) is 7.36. The number of nitriles is 1. The van der Waals surface area contributed by atoms with Crippen LogP contribution in [0.4, 0.5) is 0 Å². The molecule has 2 heterocycles. The molecule has 0 radical (unpaired) electrons. The van der Waals surface area contributed by atoms with Gasteiger partial charge in [-0.05, 0) is 43.4 Å². The number of aromatic nitrogens is 2. The normalized spacial score (nSPS) is 25.2. The molecule has 130 valence electrons. The fraction of sp³-hybridized carbons (Fsp3) is 0.500. The van der Waals surface area contributed by atoms with Crippen LogP contribution in [0.15, 0.2) is 30.0 Å². The summed E-state index contributed by atoms with van der Waals surface area (Å²) >= 11 is 0. The van der Waals surface area contributed by atoms with Crippen molar-refractivity contribution in [3.8, 4) is 6.07 Å². The summed E-state index contributed by atoms with van der Waals surface area (Å²) in [7, 11) is 0. The molecule has 2 N–H and O–H groups in total. The molecule has 1 aromatic carbocycles. The fourth-order valence-corrected chi connectivity index (χ4v) is 4.44. The van der Waals surface area contributed by atoms with Gasteiger partial charge in [0.05, 0.1) is 17.6 Å². The third-order valence-corrected chi connectivity index (χ3v) is 5.78. The van der Waals surface area contributed by atoms with Gasteiger partial charge in [0.1, 0.15) is 17.4 Å². The molecule has 1 saturated heterocycles. The Balaban J connectivity index is 1.52. The summed E-state index contributed by atoms with van der Waals surface area (Å²) in [5, 5.41) is 20.1. The van der Waals surface area contributed by atoms with Gasteiger partial charge >= 0.3 is 0 Å². The molecule has 5 nitrogen and oxygen atoms in total. The zero-order chi connectivity index (χ0) is 17.2. The van der Waals surface area contributed by atoms with E-state index in [0.29, 0.717) is 12.4 Å². The van der Waals surface area contributed by atoms with Crippen LogP contribution in [0.5, 0.6) is 0 Å². The van der Waals surface area contributed by atoms with Crippen molar-refractivity contribution in [1.82, 2.24) is 14.9 Å². The molecule has 5 heteroatoms. The number of H-pyrrole nitrogens is 1. The van der Waals surface area contributed by atoms with Crippen LogP contribution in [0.25, 0.3) is 16.6 Å². The Morgan fingerprint density at radius 1 is 1.24 bits per heavy atom. The van der Waals surface area contributed by atoms with E-state index in [2.05, 4.69) is 20.9 Å². The van der Waals surface area contributed by atoms with E-state index in [9.17, 15) is 10.4 Å². The summed E-state index contributed by atoms with van der Waals surface area (Å²) in [4.78, 5) is 9.88. The highest BCUT2D eigenvalue weighted by molar-refractivity contribution is 5.82. The highest BCUT2D eigenvalue weighted by atomic mass is 16.3. The molecule has 2 fully saturated rings. The number of likely N-dealkylation sites (tertiary alicyclic amines) is 1. The van der Waals surface area contributed by atoms with E-state index in [1.54, 1.807) is 0 Å². The molecule has 2 atom stereocenters. The van der Waals surface area contributed by atoms with Crippen LogP contribution in [-0.4, -0.2) is 39.6 Å². The van der Waals surface area contributed by atoms with Gasteiger partial charge in [-0.2, -0.15) is 5.26 Å². The zero-order valence-corrected chi connectivity index (χ0v) is 14.4. The van der Waals surface area contributed by atoms with Crippen molar-refractivity contribution in [2.75, 3.05) is 19.6 Å². The summed E-state index contributed by atoms with van der Waals surface area (Å²) in [5.41, 5.74) is 1.93. The number of aliphatic hydroxyl groups excluding tert-OH is 1. The van der Waals surface area contributed by atoms with Gasteiger partial charge in [-0.3, -0.25) is 4.90 Å². The van der Waals surface area contributed by atoms with Gasteiger partial charge < -0.3 is 10.1 Å². The first kappa shape index (κ1) is 16.2. The third kappa shape index (κ3) is 3.27. The van der Waals surface area contributed by atoms with Crippen LogP contribution in [0, 0.1) is 23.2 Å². The molecule has 4 rings (SSSR count). The van der Waals surface area contributed by atoms with E-state index in [0.717, 1.165) is 36.0 Å². The number of imidazole rings is 1. The lowest BCUT2D eigenvalue weighted by Gasteiger charge is -2.41. The Labute approximate surface area is 148 Å². The molecule has 2 aliphatic rings. The number of allylic oxidation sites excluding steroid dienone is 1. The number of hydrogen-bond acceptors (Lipinski definition) is 4. The van der Waals surface area contributed by atoms with Gasteiger partial charge in [-0.15, -0.1) is 0 Å². The number of rotatable bonds is 3. The molecule has 1 aliphatic heterocycles. The molecule has 0 bridgehead atoms. The molecule has 1 aromatic heterocycles. The van der Waals surface area contributed by atoms with E-state index in [4.69, 9.17) is 0 Å². The predicted molar refractivity (Wildman–Crippen MR) is 97.8 cm³/mol. The Bertz CT molecular complexity index is 799. The molecular weight excluding hydrogens is 312 g/mol. The fourth-order valence-electron chi connectivity index (χ4n) is 4.44. The Kier molecular flexibility index (Phi) is 4.46. The van der Waals surface area contributed by atoms with Crippen LogP contribution in [0.3, 0.4) is 0 Å². The lowest BCUT2D eigenvalue weighted by Crippen LogP contribution is -2.42. The molecule has 0 amide bonds. The summed E-state index contributed by atoms with van der Waals surface area (Å²) in [6, 6.07) is 9.79. The van der Waals surface area contributed by atoms with Crippen LogP contribution in [0.1, 0.15) is 37.9 Å². The number of para-hydroxylation sites is 2. The average Bonchev–Trinajstić information content (AvgIpc) is 3.05. The molecule has 1 saturated carbocycles. The Hall–Kier alpha value is -2.32. The van der Waals surface area contributed by atoms with E-state index in [-0.39, 0.29) is 11.3 Å². The lowest BCUT2D eigenvalue weighted by atomic mass is 9.75. The van der Waals surface area contributed by atoms with Crippen molar-refractivity contribution in [3.63, 3.8) is 0 Å². The summed E-state index contributed by atoms with van der Waals surface area (Å²) in [6.45, 7) is 2.47. The number of benzene rings is 1. The van der Waals surface area contributed by atoms with Crippen LogP contribution in [-0.2, 0) is 0 Å². The smallest absolute Gasteiger partial charge is 0.152 e. The molecule has 25 heavy (non-hydrogen) atoms. The topological polar surface area (TPSA) is 75.9 Å². The van der Waals surface area contributed by atoms with Crippen molar-refractivity contribution < 1.29 is 5.11 Å².